The fourth-order valence-electron chi connectivity index (χ4n) is 7.89. The number of rotatable bonds is 6. The van der Waals surface area contributed by atoms with E-state index in [4.69, 9.17) is 9.72 Å². The van der Waals surface area contributed by atoms with Crippen molar-refractivity contribution in [2.24, 2.45) is 0 Å². The topological polar surface area (TPSA) is 81.2 Å². The Morgan fingerprint density at radius 3 is 2.51 bits per heavy atom. The molecule has 4 heterocycles. The minimum absolute atomic E-state index is 0.0288. The highest BCUT2D eigenvalue weighted by molar-refractivity contribution is 5.97. The van der Waals surface area contributed by atoms with Crippen LogP contribution >= 0.6 is 0 Å². The monoisotopic (exact) mass is 608 g/mol. The van der Waals surface area contributed by atoms with Gasteiger partial charge in [-0.25, -0.2) is 4.98 Å². The van der Waals surface area contributed by atoms with Gasteiger partial charge in [0.15, 0.2) is 0 Å². The van der Waals surface area contributed by atoms with Crippen molar-refractivity contribution in [2.75, 3.05) is 68.8 Å². The lowest BCUT2D eigenvalue weighted by Gasteiger charge is -2.39. The number of hydrogen-bond acceptors (Lipinski definition) is 7. The van der Waals surface area contributed by atoms with E-state index in [9.17, 15) is 9.59 Å². The van der Waals surface area contributed by atoms with Gasteiger partial charge in [-0.05, 0) is 61.8 Å². The number of benzene rings is 2. The minimum atomic E-state index is -0.0946. The van der Waals surface area contributed by atoms with E-state index in [2.05, 4.69) is 69.9 Å². The maximum absolute atomic E-state index is 14.0. The van der Waals surface area contributed by atoms with E-state index in [-0.39, 0.29) is 17.9 Å². The number of carbonyl (C=O) groups excluding carboxylic acids is 2. The molecule has 0 radical (unpaired) electrons. The average molecular weight is 609 g/mol. The molecule has 1 aromatic heterocycles. The molecule has 2 atom stereocenters. The van der Waals surface area contributed by atoms with E-state index in [1.54, 1.807) is 0 Å². The third-order valence-corrected chi connectivity index (χ3v) is 10.2. The number of aryl methyl sites for hydroxylation is 1. The predicted molar refractivity (Wildman–Crippen MR) is 178 cm³/mol. The second kappa shape index (κ2) is 12.8. The second-order valence-electron chi connectivity index (χ2n) is 12.8. The summed E-state index contributed by atoms with van der Waals surface area (Å²) in [5, 5.41) is 5.91. The molecule has 2 saturated heterocycles. The van der Waals surface area contributed by atoms with E-state index in [1.165, 1.54) is 33.7 Å². The van der Waals surface area contributed by atoms with Gasteiger partial charge in [-0.2, -0.15) is 0 Å². The molecule has 1 saturated carbocycles. The lowest BCUT2D eigenvalue weighted by atomic mass is 9.97. The summed E-state index contributed by atoms with van der Waals surface area (Å²) < 4.78 is 5.59. The molecule has 45 heavy (non-hydrogen) atoms. The zero-order valence-electron chi connectivity index (χ0n) is 26.3. The number of nitrogens with zero attached hydrogens (tertiary/aromatic N) is 5. The Bertz CT molecular complexity index is 1590. The fraction of sp³-hybridized carbons (Fsp3) is 0.472. The van der Waals surface area contributed by atoms with E-state index in [0.29, 0.717) is 44.5 Å². The standard InChI is InChI=1S/C36H44N6O3/c1-3-34(43)41-17-15-39(16-18-41)33-23-29(36(44)38-28-10-6-11-31(28)40-19-21-45-22-20-40)37-30-24-42(14-13-27(30)33)32-12-5-9-26-8-4-7-25(2)35(26)32/h3-5,7-9,12,23,28,31H,1,6,10-11,13-22,24H2,2H3,(H,38,44)/t28-,31-/m0/s1. The van der Waals surface area contributed by atoms with Crippen LogP contribution in [0, 0.1) is 6.92 Å². The third kappa shape index (κ3) is 5.91. The van der Waals surface area contributed by atoms with Crippen LogP contribution in [-0.4, -0.2) is 97.7 Å². The van der Waals surface area contributed by atoms with Crippen LogP contribution in [-0.2, 0) is 22.5 Å². The normalized spacial score (nSPS) is 22.4. The van der Waals surface area contributed by atoms with Gasteiger partial charge >= 0.3 is 0 Å². The molecule has 1 N–H and O–H groups in total. The molecular formula is C36H44N6O3. The van der Waals surface area contributed by atoms with Gasteiger partial charge in [-0.1, -0.05) is 36.9 Å². The summed E-state index contributed by atoms with van der Waals surface area (Å²) >= 11 is 0. The van der Waals surface area contributed by atoms with Crippen molar-refractivity contribution < 1.29 is 14.3 Å². The first-order chi connectivity index (χ1) is 22.0. The van der Waals surface area contributed by atoms with Gasteiger partial charge in [0.05, 0.1) is 25.5 Å². The second-order valence-corrected chi connectivity index (χ2v) is 12.8. The first-order valence-electron chi connectivity index (χ1n) is 16.5. The maximum Gasteiger partial charge on any atom is 0.270 e. The summed E-state index contributed by atoms with van der Waals surface area (Å²) in [6.45, 7) is 13.4. The fourth-order valence-corrected chi connectivity index (χ4v) is 7.89. The Balaban J connectivity index is 1.19. The number of morpholine rings is 1. The summed E-state index contributed by atoms with van der Waals surface area (Å²) in [5.74, 6) is -0.123. The number of amides is 2. The molecule has 236 valence electrons. The smallest absolute Gasteiger partial charge is 0.270 e. The Labute approximate surface area is 265 Å². The van der Waals surface area contributed by atoms with Crippen LogP contribution in [0.5, 0.6) is 0 Å². The Morgan fingerprint density at radius 1 is 0.956 bits per heavy atom. The number of aromatic nitrogens is 1. The zero-order chi connectivity index (χ0) is 30.9. The molecular weight excluding hydrogens is 564 g/mol. The minimum Gasteiger partial charge on any atom is -0.379 e. The van der Waals surface area contributed by atoms with Gasteiger partial charge in [0.2, 0.25) is 5.91 Å². The molecule has 0 unspecified atom stereocenters. The number of piperazine rings is 1. The van der Waals surface area contributed by atoms with E-state index in [0.717, 1.165) is 69.9 Å². The summed E-state index contributed by atoms with van der Waals surface area (Å²) in [4.78, 5) is 40.5. The molecule has 2 aromatic carbocycles. The first kappa shape index (κ1) is 29.7. The SMILES string of the molecule is C=CC(=O)N1CCN(c2cc(C(=O)N[C@H]3CCC[C@@H]3N3CCOCC3)nc3c2CCN(c2cccc4cccc(C)c24)C3)CC1. The third-order valence-electron chi connectivity index (χ3n) is 10.2. The molecule has 3 fully saturated rings. The summed E-state index contributed by atoms with van der Waals surface area (Å²) in [6.07, 6.45) is 5.43. The molecule has 9 heteroatoms. The van der Waals surface area contributed by atoms with Gasteiger partial charge in [0.25, 0.3) is 5.91 Å². The number of hydrogen-bond donors (Lipinski definition) is 1. The van der Waals surface area contributed by atoms with Gasteiger partial charge in [0, 0.05) is 80.2 Å². The number of anilines is 2. The summed E-state index contributed by atoms with van der Waals surface area (Å²) in [7, 11) is 0. The predicted octanol–water partition coefficient (Wildman–Crippen LogP) is 3.92. The van der Waals surface area contributed by atoms with Crippen LogP contribution in [0.1, 0.15) is 46.6 Å². The summed E-state index contributed by atoms with van der Waals surface area (Å²) in [6, 6.07) is 15.4. The van der Waals surface area contributed by atoms with Crippen molar-refractivity contribution in [3.63, 3.8) is 0 Å². The van der Waals surface area contributed by atoms with Gasteiger partial charge in [-0.15, -0.1) is 0 Å². The Kier molecular flexibility index (Phi) is 8.47. The lowest BCUT2D eigenvalue weighted by molar-refractivity contribution is -0.126. The van der Waals surface area contributed by atoms with Gasteiger partial charge in [-0.3, -0.25) is 14.5 Å². The first-order valence-corrected chi connectivity index (χ1v) is 16.5. The molecule has 9 nitrogen and oxygen atoms in total. The average Bonchev–Trinajstić information content (AvgIpc) is 3.55. The molecule has 0 bridgehead atoms. The summed E-state index contributed by atoms with van der Waals surface area (Å²) in [5.41, 5.74) is 6.22. The van der Waals surface area contributed by atoms with E-state index >= 15 is 0 Å². The van der Waals surface area contributed by atoms with Crippen molar-refractivity contribution in [1.82, 2.24) is 20.1 Å². The van der Waals surface area contributed by atoms with E-state index in [1.807, 2.05) is 11.0 Å². The largest absolute Gasteiger partial charge is 0.379 e. The highest BCUT2D eigenvalue weighted by atomic mass is 16.5. The van der Waals surface area contributed by atoms with Gasteiger partial charge in [0.1, 0.15) is 5.69 Å². The number of pyridine rings is 1. The maximum atomic E-state index is 14.0. The van der Waals surface area contributed by atoms with Crippen molar-refractivity contribution in [1.29, 1.82) is 0 Å². The van der Waals surface area contributed by atoms with Crippen LogP contribution < -0.4 is 15.1 Å². The van der Waals surface area contributed by atoms with Crippen LogP contribution in [0.15, 0.2) is 55.1 Å². The lowest BCUT2D eigenvalue weighted by Crippen LogP contribution is -2.52. The zero-order valence-corrected chi connectivity index (χ0v) is 26.3. The van der Waals surface area contributed by atoms with Crippen molar-refractivity contribution in [2.45, 2.75) is 51.2 Å². The number of fused-ring (bicyclic) bond motifs is 2. The number of carbonyl (C=O) groups is 2. The molecule has 3 aromatic rings. The van der Waals surface area contributed by atoms with Gasteiger partial charge < -0.3 is 24.8 Å². The molecule has 4 aliphatic rings. The molecule has 1 aliphatic carbocycles. The number of nitrogens with one attached hydrogen (secondary N) is 1. The highest BCUT2D eigenvalue weighted by Gasteiger charge is 2.35. The van der Waals surface area contributed by atoms with Crippen LogP contribution in [0.3, 0.4) is 0 Å². The number of ether oxygens (including phenoxy) is 1. The van der Waals surface area contributed by atoms with Crippen LogP contribution in [0.25, 0.3) is 10.8 Å². The van der Waals surface area contributed by atoms with Crippen LogP contribution in [0.2, 0.25) is 0 Å². The van der Waals surface area contributed by atoms with Crippen molar-refractivity contribution in [3.8, 4) is 0 Å². The van der Waals surface area contributed by atoms with Crippen molar-refractivity contribution in [3.05, 3.63) is 77.6 Å². The Morgan fingerprint density at radius 2 is 1.73 bits per heavy atom. The molecule has 0 spiro atoms. The Hall–Kier alpha value is -3.95. The van der Waals surface area contributed by atoms with Crippen molar-refractivity contribution >= 4 is 34.0 Å². The quantitative estimate of drug-likeness (QED) is 0.425. The van der Waals surface area contributed by atoms with Crippen LogP contribution in [0.4, 0.5) is 11.4 Å². The highest BCUT2D eigenvalue weighted by Crippen LogP contribution is 2.36. The molecule has 3 aliphatic heterocycles. The molecule has 2 amide bonds. The molecule has 7 rings (SSSR count). The van der Waals surface area contributed by atoms with E-state index < -0.39 is 0 Å².